The average molecular weight is 659 g/mol. The number of pyridine rings is 1. The summed E-state index contributed by atoms with van der Waals surface area (Å²) in [6.45, 7) is 0.227. The van der Waals surface area contributed by atoms with Gasteiger partial charge in [0.15, 0.2) is 5.65 Å². The molecule has 6 rings (SSSR count). The van der Waals surface area contributed by atoms with Gasteiger partial charge in [-0.15, -0.1) is 0 Å². The molecule has 0 aliphatic heterocycles. The molecule has 0 N–H and O–H groups in total. The van der Waals surface area contributed by atoms with E-state index in [1.165, 1.54) is 4.68 Å². The maximum atomic E-state index is 14.7. The van der Waals surface area contributed by atoms with Gasteiger partial charge in [0, 0.05) is 21.2 Å². The lowest BCUT2D eigenvalue weighted by atomic mass is 10.0. The maximum Gasteiger partial charge on any atom is 0.417 e. The number of ether oxygens (including phenoxy) is 1. The highest BCUT2D eigenvalue weighted by Crippen LogP contribution is 2.42. The van der Waals surface area contributed by atoms with Crippen molar-refractivity contribution in [1.29, 1.82) is 0 Å². The molecule has 2 aromatic heterocycles. The van der Waals surface area contributed by atoms with E-state index in [0.717, 1.165) is 11.6 Å². The Morgan fingerprint density at radius 2 is 1.44 bits per heavy atom. The molecule has 0 amide bonds. The first-order chi connectivity index (χ1) is 20.6. The van der Waals surface area contributed by atoms with E-state index in [4.69, 9.17) is 56.1 Å². The smallest absolute Gasteiger partial charge is 0.417 e. The minimum Gasteiger partial charge on any atom is -0.489 e. The summed E-state index contributed by atoms with van der Waals surface area (Å²) in [5.74, 6) is 0.515. The summed E-state index contributed by atoms with van der Waals surface area (Å²) < 4.78 is 51.3. The zero-order valence-corrected chi connectivity index (χ0v) is 24.9. The van der Waals surface area contributed by atoms with Crippen LogP contribution in [0, 0.1) is 0 Å². The van der Waals surface area contributed by atoms with E-state index in [1.807, 2.05) is 0 Å². The van der Waals surface area contributed by atoms with Gasteiger partial charge < -0.3 is 4.74 Å². The number of benzene rings is 4. The van der Waals surface area contributed by atoms with Gasteiger partial charge in [-0.3, -0.25) is 0 Å². The molecule has 0 radical (unpaired) electrons. The molecule has 4 nitrogen and oxygen atoms in total. The van der Waals surface area contributed by atoms with E-state index < -0.39 is 11.7 Å². The Hall–Kier alpha value is -3.75. The summed E-state index contributed by atoms with van der Waals surface area (Å²) in [6.07, 6.45) is -4.71. The number of rotatable bonds is 6. The summed E-state index contributed by atoms with van der Waals surface area (Å²) in [4.78, 5) is 4.69. The molecule has 0 fully saturated rings. The van der Waals surface area contributed by atoms with Crippen LogP contribution in [0.2, 0.25) is 20.1 Å². The van der Waals surface area contributed by atoms with Crippen LogP contribution < -0.4 is 4.74 Å². The lowest BCUT2D eigenvalue weighted by Crippen LogP contribution is -2.08. The van der Waals surface area contributed by atoms with E-state index in [9.17, 15) is 13.2 Å². The third kappa shape index (κ3) is 6.17. The molecule has 0 bridgehead atoms. The fourth-order valence-corrected chi connectivity index (χ4v) is 5.23. The molecular formula is C32H18Cl4F3N3O. The van der Waals surface area contributed by atoms with Crippen molar-refractivity contribution >= 4 is 57.4 Å². The van der Waals surface area contributed by atoms with Crippen LogP contribution in [0.4, 0.5) is 13.2 Å². The van der Waals surface area contributed by atoms with Crippen molar-refractivity contribution in [3.05, 3.63) is 128 Å². The van der Waals surface area contributed by atoms with Crippen LogP contribution in [0.25, 0.3) is 39.2 Å². The third-order valence-corrected chi connectivity index (χ3v) is 7.88. The summed E-state index contributed by atoms with van der Waals surface area (Å²) in [5, 5.41) is 6.17. The Morgan fingerprint density at radius 3 is 2.12 bits per heavy atom. The van der Waals surface area contributed by atoms with Gasteiger partial charge in [0.2, 0.25) is 0 Å². The topological polar surface area (TPSA) is 39.9 Å². The van der Waals surface area contributed by atoms with Crippen molar-refractivity contribution in [2.45, 2.75) is 12.8 Å². The molecule has 0 saturated carbocycles. The molecule has 6 aromatic rings. The number of nitrogens with zero attached hydrogens (tertiary/aromatic N) is 3. The Bertz CT molecular complexity index is 1960. The summed E-state index contributed by atoms with van der Waals surface area (Å²) in [6, 6.07) is 26.0. The van der Waals surface area contributed by atoms with Gasteiger partial charge in [-0.2, -0.15) is 18.3 Å². The van der Waals surface area contributed by atoms with Crippen LogP contribution >= 0.6 is 46.4 Å². The van der Waals surface area contributed by atoms with Crippen molar-refractivity contribution in [2.24, 2.45) is 0 Å². The predicted molar refractivity (Wildman–Crippen MR) is 166 cm³/mol. The van der Waals surface area contributed by atoms with E-state index in [0.29, 0.717) is 42.7 Å². The number of hydrogen-bond acceptors (Lipinski definition) is 3. The van der Waals surface area contributed by atoms with Crippen LogP contribution in [-0.2, 0) is 12.8 Å². The lowest BCUT2D eigenvalue weighted by molar-refractivity contribution is -0.136. The number of hydrogen-bond donors (Lipinski definition) is 0. The molecule has 0 unspecified atom stereocenters. The van der Waals surface area contributed by atoms with Crippen molar-refractivity contribution in [2.75, 3.05) is 0 Å². The second-order valence-electron chi connectivity index (χ2n) is 9.56. The zero-order valence-electron chi connectivity index (χ0n) is 21.8. The molecule has 0 aliphatic carbocycles. The maximum absolute atomic E-state index is 14.7. The Kier molecular flexibility index (Phi) is 8.00. The van der Waals surface area contributed by atoms with Gasteiger partial charge in [0.25, 0.3) is 0 Å². The van der Waals surface area contributed by atoms with E-state index >= 15 is 0 Å². The number of halogens is 7. The van der Waals surface area contributed by atoms with Crippen LogP contribution in [0.1, 0.15) is 11.1 Å². The fourth-order valence-electron chi connectivity index (χ4n) is 4.60. The number of fused-ring (bicyclic) bond motifs is 1. The van der Waals surface area contributed by atoms with E-state index in [1.54, 1.807) is 91.0 Å². The molecule has 0 spiro atoms. The second-order valence-corrected chi connectivity index (χ2v) is 11.2. The van der Waals surface area contributed by atoms with Crippen molar-refractivity contribution < 1.29 is 17.9 Å². The van der Waals surface area contributed by atoms with Gasteiger partial charge in [0.1, 0.15) is 18.1 Å². The fraction of sp³-hybridized carbons (Fsp3) is 0.0625. The van der Waals surface area contributed by atoms with Crippen molar-refractivity contribution in [3.63, 3.8) is 0 Å². The molecule has 11 heteroatoms. The molecule has 2 heterocycles. The largest absolute Gasteiger partial charge is 0.489 e. The predicted octanol–water partition coefficient (Wildman–Crippen LogP) is 11.0. The van der Waals surface area contributed by atoms with Crippen LogP contribution in [0.5, 0.6) is 5.75 Å². The average Bonchev–Trinajstić information content (AvgIpc) is 3.37. The SMILES string of the molecule is FC(F)(F)c1cc(-c2ccc(OCc3ccc(Cl)c(Cl)c3)cc2)nc2c1c(-c1ccc(Cl)cc1)nn2-c1cccc(Cl)c1. The highest BCUT2D eigenvalue weighted by atomic mass is 35.5. The first kappa shape index (κ1) is 29.3. The minimum atomic E-state index is -4.71. The van der Waals surface area contributed by atoms with E-state index in [2.05, 4.69) is 5.10 Å². The minimum absolute atomic E-state index is 0.0250. The van der Waals surface area contributed by atoms with Gasteiger partial charge in [0.05, 0.1) is 32.4 Å². The van der Waals surface area contributed by atoms with Crippen molar-refractivity contribution in [1.82, 2.24) is 14.8 Å². The highest BCUT2D eigenvalue weighted by Gasteiger charge is 2.36. The quantitative estimate of drug-likeness (QED) is 0.179. The second kappa shape index (κ2) is 11.7. The van der Waals surface area contributed by atoms with Gasteiger partial charge in [-0.1, -0.05) is 70.7 Å². The Morgan fingerprint density at radius 1 is 0.721 bits per heavy atom. The summed E-state index contributed by atoms with van der Waals surface area (Å²) >= 11 is 24.3. The van der Waals surface area contributed by atoms with Crippen LogP contribution in [-0.4, -0.2) is 14.8 Å². The molecule has 4 aromatic carbocycles. The van der Waals surface area contributed by atoms with Gasteiger partial charge in [-0.25, -0.2) is 9.67 Å². The summed E-state index contributed by atoms with van der Waals surface area (Å²) in [5.41, 5.74) is 1.57. The van der Waals surface area contributed by atoms with Gasteiger partial charge >= 0.3 is 6.18 Å². The van der Waals surface area contributed by atoms with Gasteiger partial charge in [-0.05, 0) is 78.4 Å². The number of aromatic nitrogens is 3. The Labute approximate surface area is 264 Å². The molecule has 43 heavy (non-hydrogen) atoms. The van der Waals surface area contributed by atoms with Crippen molar-refractivity contribution in [3.8, 4) is 34.0 Å². The Balaban J connectivity index is 1.46. The number of alkyl halides is 3. The van der Waals surface area contributed by atoms with Crippen LogP contribution in [0.3, 0.4) is 0 Å². The first-order valence-electron chi connectivity index (χ1n) is 12.8. The zero-order chi connectivity index (χ0) is 30.3. The first-order valence-corrected chi connectivity index (χ1v) is 14.3. The monoisotopic (exact) mass is 657 g/mol. The lowest BCUT2D eigenvalue weighted by Gasteiger charge is -2.13. The molecule has 0 aliphatic rings. The normalized spacial score (nSPS) is 11.7. The molecule has 216 valence electrons. The van der Waals surface area contributed by atoms with E-state index in [-0.39, 0.29) is 29.0 Å². The standard InChI is InChI=1S/C32H18Cl4F3N3O/c33-21-9-5-20(6-10-21)30-29-25(32(37,38)39)16-28(40-31(29)42(41-30)23-3-1-2-22(34)15-23)19-7-11-24(12-8-19)43-17-18-4-13-26(35)27(36)14-18/h1-16H,17H2. The molecule has 0 atom stereocenters. The molecular weight excluding hydrogens is 641 g/mol. The summed E-state index contributed by atoms with van der Waals surface area (Å²) in [7, 11) is 0. The third-order valence-electron chi connectivity index (χ3n) is 6.65. The van der Waals surface area contributed by atoms with Crippen LogP contribution in [0.15, 0.2) is 97.1 Å². The highest BCUT2D eigenvalue weighted by molar-refractivity contribution is 6.42. The molecule has 0 saturated heterocycles.